The number of sulfonamides is 1. The second-order valence-corrected chi connectivity index (χ2v) is 6.41. The third kappa shape index (κ3) is 3.87. The van der Waals surface area contributed by atoms with Gasteiger partial charge in [0.05, 0.1) is 18.1 Å². The molecular weight excluding hydrogens is 389 g/mol. The summed E-state index contributed by atoms with van der Waals surface area (Å²) in [6.45, 7) is 0.567. The van der Waals surface area contributed by atoms with Gasteiger partial charge in [0.15, 0.2) is 17.4 Å². The second-order valence-electron chi connectivity index (χ2n) is 4.63. The molecule has 140 valence electrons. The monoisotopic (exact) mass is 397 g/mol. The second kappa shape index (κ2) is 6.82. The molecule has 0 bridgehead atoms. The summed E-state index contributed by atoms with van der Waals surface area (Å²) in [6, 6.07) is 1.36. The van der Waals surface area contributed by atoms with E-state index in [1.165, 1.54) is 0 Å². The van der Waals surface area contributed by atoms with Crippen LogP contribution in [-0.4, -0.2) is 29.8 Å². The van der Waals surface area contributed by atoms with Crippen LogP contribution < -0.4 is 9.04 Å². The van der Waals surface area contributed by atoms with Crippen molar-refractivity contribution in [2.24, 2.45) is 0 Å². The Labute approximate surface area is 143 Å². The summed E-state index contributed by atoms with van der Waals surface area (Å²) in [6.07, 6.45) is 1.45. The van der Waals surface area contributed by atoms with Crippen molar-refractivity contribution < 1.29 is 39.9 Å². The van der Waals surface area contributed by atoms with Crippen LogP contribution >= 0.6 is 0 Å². The zero-order valence-corrected chi connectivity index (χ0v) is 13.5. The largest absolute Gasteiger partial charge is 0.517 e. The maximum Gasteiger partial charge on any atom is 0.517 e. The van der Waals surface area contributed by atoms with E-state index in [-0.39, 0.29) is 0 Å². The lowest BCUT2D eigenvalue weighted by Crippen LogP contribution is -2.43. The lowest BCUT2D eigenvalue weighted by atomic mass is 10.3. The number of carbonyl (C=O) groups excluding carboxylic acids is 1. The molecule has 0 fully saturated rings. The van der Waals surface area contributed by atoms with Crippen LogP contribution in [0, 0.1) is 11.6 Å². The average molecular weight is 397 g/mol. The molecule has 13 heteroatoms. The number of aromatic nitrogens is 2. The Bertz CT molecular complexity index is 932. The highest BCUT2D eigenvalue weighted by Gasteiger charge is 2.52. The first-order valence-electron chi connectivity index (χ1n) is 6.50. The molecule has 1 aromatic carbocycles. The van der Waals surface area contributed by atoms with E-state index in [1.807, 2.05) is 0 Å². The molecule has 7 nitrogen and oxygen atoms in total. The maximum absolute atomic E-state index is 14.1. The molecule has 0 unspecified atom stereocenters. The van der Waals surface area contributed by atoms with Crippen LogP contribution in [0.5, 0.6) is 11.8 Å². The summed E-state index contributed by atoms with van der Waals surface area (Å²) in [4.78, 5) is 18.2. The Morgan fingerprint density at radius 3 is 2.19 bits per heavy atom. The molecule has 2 rings (SSSR count). The van der Waals surface area contributed by atoms with E-state index in [2.05, 4.69) is 9.97 Å². The fourth-order valence-corrected chi connectivity index (χ4v) is 2.68. The third-order valence-corrected chi connectivity index (χ3v) is 4.30. The fraction of sp³-hybridized carbons (Fsp3) is 0.154. The summed E-state index contributed by atoms with van der Waals surface area (Å²) in [7, 11) is -6.07. The van der Waals surface area contributed by atoms with Gasteiger partial charge in [0.2, 0.25) is 5.91 Å². The molecule has 0 radical (unpaired) electrons. The minimum absolute atomic E-state index is 0.351. The summed E-state index contributed by atoms with van der Waals surface area (Å²) in [5.41, 5.74) is -6.66. The van der Waals surface area contributed by atoms with Crippen molar-refractivity contribution in [3.63, 3.8) is 0 Å². The Morgan fingerprint density at radius 1 is 1.15 bits per heavy atom. The van der Waals surface area contributed by atoms with Gasteiger partial charge in [0.25, 0.3) is 0 Å². The number of alkyl halides is 3. The first-order chi connectivity index (χ1) is 11.9. The smallest absolute Gasteiger partial charge is 0.421 e. The van der Waals surface area contributed by atoms with Gasteiger partial charge in [-0.2, -0.15) is 25.9 Å². The molecule has 0 aliphatic carbocycles. The van der Waals surface area contributed by atoms with Gasteiger partial charge >= 0.3 is 21.5 Å². The van der Waals surface area contributed by atoms with Gasteiger partial charge in [0.1, 0.15) is 0 Å². The van der Waals surface area contributed by atoms with Gasteiger partial charge in [-0.25, -0.2) is 18.7 Å². The van der Waals surface area contributed by atoms with E-state index < -0.39 is 54.8 Å². The highest BCUT2D eigenvalue weighted by atomic mass is 32.2. The van der Waals surface area contributed by atoms with Crippen LogP contribution in [0.4, 0.5) is 27.6 Å². The molecular formula is C13H8F5N3O4S. The minimum Gasteiger partial charge on any atom is -0.421 e. The summed E-state index contributed by atoms with van der Waals surface area (Å²) >= 11 is 0. The van der Waals surface area contributed by atoms with Gasteiger partial charge in [-0.15, -0.1) is 0 Å². The van der Waals surface area contributed by atoms with E-state index in [0.717, 1.165) is 18.5 Å². The molecule has 0 saturated carbocycles. The van der Waals surface area contributed by atoms with Crippen LogP contribution in [0.2, 0.25) is 0 Å². The SMILES string of the molecule is CC(=O)N(c1ccc(Oc2ncc(F)cn2)c(F)c1)S(=O)(=O)C(F)(F)F. The number of hydrogen-bond donors (Lipinski definition) is 0. The molecule has 0 N–H and O–H groups in total. The Morgan fingerprint density at radius 2 is 1.73 bits per heavy atom. The number of amides is 1. The van der Waals surface area contributed by atoms with Crippen LogP contribution in [-0.2, 0) is 14.8 Å². The van der Waals surface area contributed by atoms with Gasteiger partial charge in [-0.1, -0.05) is 0 Å². The molecule has 1 amide bonds. The molecule has 0 atom stereocenters. The molecule has 0 aliphatic rings. The standard InChI is InChI=1S/C13H8F5N3O4S/c1-7(22)21(26(23,24)13(16,17)18)9-2-3-11(10(15)4-9)25-12-19-5-8(14)6-20-12/h2-6H,1H3. The first kappa shape index (κ1) is 19.5. The van der Waals surface area contributed by atoms with E-state index >= 15 is 0 Å². The van der Waals surface area contributed by atoms with Crippen molar-refractivity contribution in [3.05, 3.63) is 42.2 Å². The van der Waals surface area contributed by atoms with E-state index in [1.54, 1.807) is 0 Å². The number of benzene rings is 1. The lowest BCUT2D eigenvalue weighted by Gasteiger charge is -2.22. The summed E-state index contributed by atoms with van der Waals surface area (Å²) in [5, 5.41) is 0. The molecule has 0 saturated heterocycles. The van der Waals surface area contributed by atoms with Gasteiger partial charge in [0, 0.05) is 13.0 Å². The number of halogens is 5. The van der Waals surface area contributed by atoms with Crippen molar-refractivity contribution in [3.8, 4) is 11.8 Å². The van der Waals surface area contributed by atoms with E-state index in [4.69, 9.17) is 4.74 Å². The topological polar surface area (TPSA) is 89.5 Å². The Balaban J connectivity index is 2.40. The van der Waals surface area contributed by atoms with Crippen LogP contribution in [0.15, 0.2) is 30.6 Å². The van der Waals surface area contributed by atoms with Gasteiger partial charge in [-0.3, -0.25) is 4.79 Å². The molecule has 1 aromatic heterocycles. The molecule has 0 aliphatic heterocycles. The number of ether oxygens (including phenoxy) is 1. The maximum atomic E-state index is 14.1. The zero-order chi connectivity index (χ0) is 19.7. The summed E-state index contributed by atoms with van der Waals surface area (Å²) < 4.78 is 92.0. The van der Waals surface area contributed by atoms with Crippen molar-refractivity contribution in [1.29, 1.82) is 0 Å². The van der Waals surface area contributed by atoms with Crippen LogP contribution in [0.1, 0.15) is 6.92 Å². The summed E-state index contributed by atoms with van der Waals surface area (Å²) in [5.74, 6) is -4.19. The van der Waals surface area contributed by atoms with Crippen molar-refractivity contribution >= 4 is 21.6 Å². The van der Waals surface area contributed by atoms with E-state index in [0.29, 0.717) is 19.1 Å². The zero-order valence-electron chi connectivity index (χ0n) is 12.7. The minimum atomic E-state index is -6.07. The normalized spacial score (nSPS) is 11.9. The number of carbonyl (C=O) groups is 1. The third-order valence-electron chi connectivity index (χ3n) is 2.77. The molecule has 26 heavy (non-hydrogen) atoms. The lowest BCUT2D eigenvalue weighted by molar-refractivity contribution is -0.115. The highest BCUT2D eigenvalue weighted by Crippen LogP contribution is 2.33. The Hall–Kier alpha value is -2.83. The predicted molar refractivity (Wildman–Crippen MR) is 76.6 cm³/mol. The van der Waals surface area contributed by atoms with Crippen molar-refractivity contribution in [2.45, 2.75) is 12.4 Å². The Kier molecular flexibility index (Phi) is 5.11. The number of nitrogens with zero attached hydrogens (tertiary/aromatic N) is 3. The van der Waals surface area contributed by atoms with Gasteiger partial charge < -0.3 is 4.74 Å². The highest BCUT2D eigenvalue weighted by molar-refractivity contribution is 7.94. The fourth-order valence-electron chi connectivity index (χ4n) is 1.74. The quantitative estimate of drug-likeness (QED) is 0.737. The first-order valence-corrected chi connectivity index (χ1v) is 7.94. The molecule has 2 aromatic rings. The van der Waals surface area contributed by atoms with Gasteiger partial charge in [-0.05, 0) is 12.1 Å². The van der Waals surface area contributed by atoms with Crippen molar-refractivity contribution in [1.82, 2.24) is 9.97 Å². The average Bonchev–Trinajstić information content (AvgIpc) is 2.50. The predicted octanol–water partition coefficient (Wildman–Crippen LogP) is 2.75. The van der Waals surface area contributed by atoms with Crippen LogP contribution in [0.3, 0.4) is 0 Å². The van der Waals surface area contributed by atoms with E-state index in [9.17, 15) is 35.2 Å². The number of rotatable bonds is 4. The van der Waals surface area contributed by atoms with Crippen LogP contribution in [0.25, 0.3) is 0 Å². The number of hydrogen-bond acceptors (Lipinski definition) is 6. The van der Waals surface area contributed by atoms with Crippen molar-refractivity contribution in [2.75, 3.05) is 4.31 Å². The molecule has 0 spiro atoms. The number of anilines is 1. The molecule has 1 heterocycles.